The molecule has 5 heteroatoms. The molecule has 1 aromatic rings. The van der Waals surface area contributed by atoms with E-state index in [4.69, 9.17) is 20.8 Å². The molecule has 1 aliphatic carbocycles. The Morgan fingerprint density at radius 2 is 2.17 bits per heavy atom. The highest BCUT2D eigenvalue weighted by atomic mass is 35.5. The minimum Gasteiger partial charge on any atom is -0.440 e. The third-order valence-corrected chi connectivity index (χ3v) is 3.98. The van der Waals surface area contributed by atoms with Crippen molar-refractivity contribution in [2.24, 2.45) is 0 Å². The lowest BCUT2D eigenvalue weighted by Crippen LogP contribution is -2.54. The van der Waals surface area contributed by atoms with Gasteiger partial charge >= 0.3 is 0 Å². The molecule has 1 amide bonds. The average Bonchev–Trinajstić information content (AvgIpc) is 2.84. The van der Waals surface area contributed by atoms with Gasteiger partial charge in [0.15, 0.2) is 11.0 Å². The molecule has 0 aromatic carbocycles. The van der Waals surface area contributed by atoms with Gasteiger partial charge in [0.1, 0.15) is 0 Å². The van der Waals surface area contributed by atoms with Gasteiger partial charge in [-0.05, 0) is 36.6 Å². The van der Waals surface area contributed by atoms with Crippen molar-refractivity contribution in [1.29, 1.82) is 0 Å². The van der Waals surface area contributed by atoms with Gasteiger partial charge in [-0.2, -0.15) is 0 Å². The topological polar surface area (TPSA) is 42.7 Å². The molecule has 2 atom stereocenters. The van der Waals surface area contributed by atoms with Crippen LogP contribution < -0.4 is 0 Å². The van der Waals surface area contributed by atoms with Crippen LogP contribution in [0.3, 0.4) is 0 Å². The van der Waals surface area contributed by atoms with E-state index in [1.54, 1.807) is 12.1 Å². The summed E-state index contributed by atoms with van der Waals surface area (Å²) in [6.07, 6.45) is 4.61. The first-order valence-corrected chi connectivity index (χ1v) is 6.81. The van der Waals surface area contributed by atoms with Gasteiger partial charge in [-0.3, -0.25) is 4.79 Å². The van der Waals surface area contributed by atoms with E-state index in [-0.39, 0.29) is 23.3 Å². The predicted octanol–water partition coefficient (Wildman–Crippen LogP) is 2.72. The van der Waals surface area contributed by atoms with Gasteiger partial charge in [0.05, 0.1) is 18.8 Å². The number of hydrogen-bond donors (Lipinski definition) is 0. The number of amides is 1. The fourth-order valence-electron chi connectivity index (χ4n) is 2.92. The number of hydrogen-bond acceptors (Lipinski definition) is 3. The molecule has 2 aliphatic rings. The van der Waals surface area contributed by atoms with Crippen LogP contribution in [-0.2, 0) is 4.74 Å². The monoisotopic (exact) mass is 269 g/mol. The van der Waals surface area contributed by atoms with Crippen molar-refractivity contribution < 1.29 is 13.9 Å². The van der Waals surface area contributed by atoms with Crippen LogP contribution in [0.4, 0.5) is 0 Å². The number of nitrogens with zero attached hydrogens (tertiary/aromatic N) is 1. The minimum atomic E-state index is -0.0675. The maximum atomic E-state index is 12.4. The quantitative estimate of drug-likeness (QED) is 0.787. The van der Waals surface area contributed by atoms with Gasteiger partial charge in [-0.25, -0.2) is 0 Å². The first-order valence-electron chi connectivity index (χ1n) is 6.43. The fourth-order valence-corrected chi connectivity index (χ4v) is 3.07. The van der Waals surface area contributed by atoms with Gasteiger partial charge in [0.25, 0.3) is 5.91 Å². The van der Waals surface area contributed by atoms with Crippen molar-refractivity contribution in [3.63, 3.8) is 0 Å². The molecule has 1 saturated heterocycles. The SMILES string of the molecule is O=C(c1ccc(Cl)o1)N1CCOC2CCCCC21. The highest BCUT2D eigenvalue weighted by molar-refractivity contribution is 6.29. The number of morpholine rings is 1. The Morgan fingerprint density at radius 1 is 1.33 bits per heavy atom. The second-order valence-electron chi connectivity index (χ2n) is 4.86. The molecule has 4 nitrogen and oxygen atoms in total. The zero-order chi connectivity index (χ0) is 12.5. The second-order valence-corrected chi connectivity index (χ2v) is 5.24. The van der Waals surface area contributed by atoms with Crippen LogP contribution in [0.1, 0.15) is 36.2 Å². The van der Waals surface area contributed by atoms with Crippen molar-refractivity contribution in [3.05, 3.63) is 23.1 Å². The van der Waals surface area contributed by atoms with Crippen LogP contribution in [0, 0.1) is 0 Å². The van der Waals surface area contributed by atoms with Crippen LogP contribution in [0.15, 0.2) is 16.5 Å². The van der Waals surface area contributed by atoms with E-state index in [2.05, 4.69) is 0 Å². The molecule has 98 valence electrons. The third-order valence-electron chi connectivity index (χ3n) is 3.78. The van der Waals surface area contributed by atoms with Crippen molar-refractivity contribution in [2.45, 2.75) is 37.8 Å². The molecule has 2 heterocycles. The van der Waals surface area contributed by atoms with E-state index in [0.29, 0.717) is 18.9 Å². The summed E-state index contributed by atoms with van der Waals surface area (Å²) < 4.78 is 11.0. The lowest BCUT2D eigenvalue weighted by Gasteiger charge is -2.43. The Morgan fingerprint density at radius 3 is 2.94 bits per heavy atom. The molecule has 0 radical (unpaired) electrons. The summed E-state index contributed by atoms with van der Waals surface area (Å²) in [6, 6.07) is 3.44. The number of carbonyl (C=O) groups excluding carboxylic acids is 1. The highest BCUT2D eigenvalue weighted by Gasteiger charge is 2.37. The zero-order valence-corrected chi connectivity index (χ0v) is 10.9. The Labute approximate surface area is 111 Å². The third kappa shape index (κ3) is 2.15. The van der Waals surface area contributed by atoms with E-state index in [0.717, 1.165) is 19.3 Å². The predicted molar refractivity (Wildman–Crippen MR) is 66.8 cm³/mol. The zero-order valence-electron chi connectivity index (χ0n) is 10.1. The summed E-state index contributed by atoms with van der Waals surface area (Å²) in [5.74, 6) is 0.258. The van der Waals surface area contributed by atoms with Gasteiger partial charge in [0, 0.05) is 6.54 Å². The minimum absolute atomic E-state index is 0.0675. The van der Waals surface area contributed by atoms with E-state index < -0.39 is 0 Å². The second kappa shape index (κ2) is 4.94. The standard InChI is InChI=1S/C13H16ClNO3/c14-12-6-5-11(18-12)13(16)15-7-8-17-10-4-2-1-3-9(10)15/h5-6,9-10H,1-4,7-8H2. The van der Waals surface area contributed by atoms with E-state index in [1.807, 2.05) is 4.90 Å². The summed E-state index contributed by atoms with van der Waals surface area (Å²) in [4.78, 5) is 14.3. The molecule has 2 unspecified atom stereocenters. The molecule has 2 fully saturated rings. The molecule has 1 aromatic heterocycles. The number of rotatable bonds is 1. The molecule has 3 rings (SSSR count). The van der Waals surface area contributed by atoms with Crippen molar-refractivity contribution in [3.8, 4) is 0 Å². The first-order chi connectivity index (χ1) is 8.75. The fraction of sp³-hybridized carbons (Fsp3) is 0.615. The summed E-state index contributed by atoms with van der Waals surface area (Å²) in [6.45, 7) is 1.25. The lowest BCUT2D eigenvalue weighted by molar-refractivity contribution is -0.0759. The number of ether oxygens (including phenoxy) is 1. The van der Waals surface area contributed by atoms with Gasteiger partial charge in [-0.15, -0.1) is 0 Å². The number of carbonyl (C=O) groups is 1. The summed E-state index contributed by atoms with van der Waals surface area (Å²) in [5, 5.41) is 0.256. The van der Waals surface area contributed by atoms with Gasteiger partial charge in [0.2, 0.25) is 0 Å². The van der Waals surface area contributed by atoms with Crippen LogP contribution in [0.25, 0.3) is 0 Å². The number of halogens is 1. The van der Waals surface area contributed by atoms with E-state index in [9.17, 15) is 4.79 Å². The molecule has 0 spiro atoms. The summed E-state index contributed by atoms with van der Waals surface area (Å²) >= 11 is 5.72. The van der Waals surface area contributed by atoms with Gasteiger partial charge in [-0.1, -0.05) is 12.8 Å². The van der Waals surface area contributed by atoms with Crippen molar-refractivity contribution >= 4 is 17.5 Å². The maximum Gasteiger partial charge on any atom is 0.290 e. The van der Waals surface area contributed by atoms with E-state index in [1.165, 1.54) is 6.42 Å². The molecule has 1 saturated carbocycles. The first kappa shape index (κ1) is 12.1. The van der Waals surface area contributed by atoms with Crippen molar-refractivity contribution in [2.75, 3.05) is 13.2 Å². The normalized spacial score (nSPS) is 27.9. The summed E-state index contributed by atoms with van der Waals surface area (Å²) in [7, 11) is 0. The Kier molecular flexibility index (Phi) is 3.31. The molecular formula is C13H16ClNO3. The average molecular weight is 270 g/mol. The molecule has 1 aliphatic heterocycles. The largest absolute Gasteiger partial charge is 0.440 e. The van der Waals surface area contributed by atoms with Crippen molar-refractivity contribution in [1.82, 2.24) is 4.90 Å². The number of furan rings is 1. The van der Waals surface area contributed by atoms with Crippen LogP contribution in [0.5, 0.6) is 0 Å². The Hall–Kier alpha value is -1.00. The molecular weight excluding hydrogens is 254 g/mol. The molecule has 18 heavy (non-hydrogen) atoms. The lowest BCUT2D eigenvalue weighted by atomic mass is 9.90. The van der Waals surface area contributed by atoms with Crippen LogP contribution >= 0.6 is 11.6 Å². The number of fused-ring (bicyclic) bond motifs is 1. The highest BCUT2D eigenvalue weighted by Crippen LogP contribution is 2.29. The van der Waals surface area contributed by atoms with E-state index >= 15 is 0 Å². The van der Waals surface area contributed by atoms with Crippen LogP contribution in [0.2, 0.25) is 5.22 Å². The molecule has 0 bridgehead atoms. The maximum absolute atomic E-state index is 12.4. The molecule has 0 N–H and O–H groups in total. The Balaban J connectivity index is 1.79. The summed E-state index contributed by atoms with van der Waals surface area (Å²) in [5.41, 5.74) is 0. The van der Waals surface area contributed by atoms with Crippen LogP contribution in [-0.4, -0.2) is 36.1 Å². The Bertz CT molecular complexity index is 443. The smallest absolute Gasteiger partial charge is 0.290 e. The van der Waals surface area contributed by atoms with Gasteiger partial charge < -0.3 is 14.1 Å².